The Balaban J connectivity index is 2.41. The minimum atomic E-state index is -3.30. The van der Waals surface area contributed by atoms with Crippen molar-refractivity contribution in [2.75, 3.05) is 38.5 Å². The van der Waals surface area contributed by atoms with Crippen molar-refractivity contribution in [3.8, 4) is 0 Å². The van der Waals surface area contributed by atoms with Gasteiger partial charge in [-0.15, -0.1) is 0 Å². The van der Waals surface area contributed by atoms with Crippen molar-refractivity contribution >= 4 is 16.0 Å². The molecule has 1 aliphatic heterocycles. The molecule has 0 aliphatic carbocycles. The van der Waals surface area contributed by atoms with Crippen LogP contribution in [0.1, 0.15) is 13.3 Å². The van der Waals surface area contributed by atoms with Crippen LogP contribution >= 0.6 is 0 Å². The lowest BCUT2D eigenvalue weighted by molar-refractivity contribution is -0.142. The van der Waals surface area contributed by atoms with Gasteiger partial charge in [0.05, 0.1) is 18.8 Å². The second-order valence-corrected chi connectivity index (χ2v) is 5.61. The quantitative estimate of drug-likeness (QED) is 0.645. The number of nitrogens with one attached hydrogen (secondary N) is 1. The molecule has 6 nitrogen and oxygen atoms in total. The summed E-state index contributed by atoms with van der Waals surface area (Å²) < 4.78 is 29.7. The topological polar surface area (TPSA) is 75.7 Å². The van der Waals surface area contributed by atoms with E-state index in [1.165, 1.54) is 4.31 Å². The van der Waals surface area contributed by atoms with Gasteiger partial charge in [0.2, 0.25) is 10.0 Å². The number of esters is 1. The van der Waals surface area contributed by atoms with E-state index in [2.05, 4.69) is 5.32 Å². The van der Waals surface area contributed by atoms with Gasteiger partial charge in [-0.3, -0.25) is 4.79 Å². The summed E-state index contributed by atoms with van der Waals surface area (Å²) in [6.45, 7) is 4.27. The van der Waals surface area contributed by atoms with Crippen molar-refractivity contribution in [2.45, 2.75) is 13.3 Å². The highest BCUT2D eigenvalue weighted by Gasteiger charge is 2.24. The summed E-state index contributed by atoms with van der Waals surface area (Å²) in [5.74, 6) is -0.618. The number of sulfonamides is 1. The first-order valence-electron chi connectivity index (χ1n) is 5.40. The molecule has 1 N–H and O–H groups in total. The molecule has 1 aliphatic rings. The largest absolute Gasteiger partial charge is 0.466 e. The van der Waals surface area contributed by atoms with Gasteiger partial charge in [-0.2, -0.15) is 4.31 Å². The molecule has 0 bridgehead atoms. The maximum absolute atomic E-state index is 11.8. The highest BCUT2D eigenvalue weighted by molar-refractivity contribution is 7.89. The standard InChI is InChI=1S/C9H18N2O4S/c1-2-15-9(12)3-8-16(13,14)11-6-4-10-5-7-11/h10H,2-8H2,1H3. The van der Waals surface area contributed by atoms with Crippen LogP contribution < -0.4 is 5.32 Å². The molecule has 1 heterocycles. The monoisotopic (exact) mass is 250 g/mol. The van der Waals surface area contributed by atoms with Crippen molar-refractivity contribution in [3.63, 3.8) is 0 Å². The van der Waals surface area contributed by atoms with Crippen LogP contribution in [-0.2, 0) is 19.6 Å². The molecule has 0 aromatic heterocycles. The van der Waals surface area contributed by atoms with E-state index < -0.39 is 16.0 Å². The van der Waals surface area contributed by atoms with Crippen LogP contribution in [0.2, 0.25) is 0 Å². The fraction of sp³-hybridized carbons (Fsp3) is 0.889. The minimum Gasteiger partial charge on any atom is -0.466 e. The van der Waals surface area contributed by atoms with Gasteiger partial charge < -0.3 is 10.1 Å². The third-order valence-corrected chi connectivity index (χ3v) is 4.21. The molecule has 0 atom stereocenters. The number of piperazine rings is 1. The van der Waals surface area contributed by atoms with Crippen molar-refractivity contribution in [3.05, 3.63) is 0 Å². The van der Waals surface area contributed by atoms with E-state index in [-0.39, 0.29) is 18.8 Å². The molecule has 1 fully saturated rings. The molecule has 0 aromatic rings. The summed E-state index contributed by atoms with van der Waals surface area (Å²) >= 11 is 0. The first-order chi connectivity index (χ1) is 7.56. The van der Waals surface area contributed by atoms with Gasteiger partial charge in [0, 0.05) is 26.2 Å². The molecule has 94 valence electrons. The van der Waals surface area contributed by atoms with Crippen LogP contribution in [0.4, 0.5) is 0 Å². The Hall–Kier alpha value is -0.660. The molecule has 16 heavy (non-hydrogen) atoms. The van der Waals surface area contributed by atoms with E-state index in [0.717, 1.165) is 0 Å². The Labute approximate surface area is 96.0 Å². The summed E-state index contributed by atoms with van der Waals surface area (Å²) in [5.41, 5.74) is 0. The zero-order chi connectivity index (χ0) is 12.0. The highest BCUT2D eigenvalue weighted by Crippen LogP contribution is 2.05. The maximum Gasteiger partial charge on any atom is 0.306 e. The molecule has 0 saturated carbocycles. The average Bonchev–Trinajstić information content (AvgIpc) is 2.28. The molecule has 0 radical (unpaired) electrons. The first kappa shape index (κ1) is 13.4. The van der Waals surface area contributed by atoms with E-state index in [9.17, 15) is 13.2 Å². The zero-order valence-electron chi connectivity index (χ0n) is 9.44. The van der Waals surface area contributed by atoms with Gasteiger partial charge in [0.1, 0.15) is 0 Å². The number of carbonyl (C=O) groups excluding carboxylic acids is 1. The van der Waals surface area contributed by atoms with Crippen molar-refractivity contribution < 1.29 is 17.9 Å². The Morgan fingerprint density at radius 3 is 2.56 bits per heavy atom. The fourth-order valence-electron chi connectivity index (χ4n) is 1.50. The van der Waals surface area contributed by atoms with Crippen molar-refractivity contribution in [1.29, 1.82) is 0 Å². The van der Waals surface area contributed by atoms with Crippen LogP contribution in [0.25, 0.3) is 0 Å². The Morgan fingerprint density at radius 1 is 1.38 bits per heavy atom. The van der Waals surface area contributed by atoms with Crippen LogP contribution in [-0.4, -0.2) is 57.2 Å². The summed E-state index contributed by atoms with van der Waals surface area (Å²) in [7, 11) is -3.30. The second kappa shape index (κ2) is 6.17. The molecular formula is C9H18N2O4S. The molecule has 7 heteroatoms. The zero-order valence-corrected chi connectivity index (χ0v) is 10.3. The van der Waals surface area contributed by atoms with E-state index in [1.807, 2.05) is 0 Å². The second-order valence-electron chi connectivity index (χ2n) is 3.52. The Bertz CT molecular complexity index is 322. The van der Waals surface area contributed by atoms with Gasteiger partial charge in [-0.1, -0.05) is 0 Å². The lowest BCUT2D eigenvalue weighted by atomic mass is 10.4. The predicted molar refractivity (Wildman–Crippen MR) is 59.5 cm³/mol. The van der Waals surface area contributed by atoms with E-state index >= 15 is 0 Å². The van der Waals surface area contributed by atoms with Crippen LogP contribution in [0, 0.1) is 0 Å². The summed E-state index contributed by atoms with van der Waals surface area (Å²) in [6.07, 6.45) is -0.0693. The average molecular weight is 250 g/mol. The number of ether oxygens (including phenoxy) is 1. The molecule has 0 aromatic carbocycles. The third-order valence-electron chi connectivity index (χ3n) is 2.34. The number of nitrogens with zero attached hydrogens (tertiary/aromatic N) is 1. The van der Waals surface area contributed by atoms with E-state index in [0.29, 0.717) is 26.2 Å². The van der Waals surface area contributed by atoms with Gasteiger partial charge in [0.25, 0.3) is 0 Å². The summed E-state index contributed by atoms with van der Waals surface area (Å²) in [6, 6.07) is 0. The van der Waals surface area contributed by atoms with Crippen LogP contribution in [0.5, 0.6) is 0 Å². The SMILES string of the molecule is CCOC(=O)CCS(=O)(=O)N1CCNCC1. The maximum atomic E-state index is 11.8. The minimum absolute atomic E-state index is 0.0693. The lowest BCUT2D eigenvalue weighted by Gasteiger charge is -2.26. The van der Waals surface area contributed by atoms with Gasteiger partial charge in [-0.05, 0) is 6.92 Å². The van der Waals surface area contributed by atoms with Crippen molar-refractivity contribution in [2.24, 2.45) is 0 Å². The van der Waals surface area contributed by atoms with E-state index in [4.69, 9.17) is 4.74 Å². The molecule has 1 rings (SSSR count). The number of hydrogen-bond acceptors (Lipinski definition) is 5. The summed E-state index contributed by atoms with van der Waals surface area (Å²) in [4.78, 5) is 11.1. The Morgan fingerprint density at radius 2 is 2.00 bits per heavy atom. The highest BCUT2D eigenvalue weighted by atomic mass is 32.2. The normalized spacial score (nSPS) is 18.3. The van der Waals surface area contributed by atoms with E-state index in [1.54, 1.807) is 6.92 Å². The number of rotatable bonds is 5. The van der Waals surface area contributed by atoms with Gasteiger partial charge in [-0.25, -0.2) is 8.42 Å². The van der Waals surface area contributed by atoms with Gasteiger partial charge in [0.15, 0.2) is 0 Å². The third kappa shape index (κ3) is 4.07. The molecular weight excluding hydrogens is 232 g/mol. The summed E-state index contributed by atoms with van der Waals surface area (Å²) in [5, 5.41) is 3.07. The van der Waals surface area contributed by atoms with Crippen molar-refractivity contribution in [1.82, 2.24) is 9.62 Å². The van der Waals surface area contributed by atoms with Gasteiger partial charge >= 0.3 is 5.97 Å². The number of hydrogen-bond donors (Lipinski definition) is 1. The first-order valence-corrected chi connectivity index (χ1v) is 7.01. The lowest BCUT2D eigenvalue weighted by Crippen LogP contribution is -2.47. The predicted octanol–water partition coefficient (Wildman–Crippen LogP) is -0.825. The smallest absolute Gasteiger partial charge is 0.306 e. The van der Waals surface area contributed by atoms with Crippen LogP contribution in [0.3, 0.4) is 0 Å². The van der Waals surface area contributed by atoms with Crippen LogP contribution in [0.15, 0.2) is 0 Å². The molecule has 0 unspecified atom stereocenters. The molecule has 1 saturated heterocycles. The molecule has 0 spiro atoms. The Kier molecular flexibility index (Phi) is 5.17. The molecule has 0 amide bonds. The number of carbonyl (C=O) groups is 1. The fourth-order valence-corrected chi connectivity index (χ4v) is 2.92.